The molecule has 0 saturated heterocycles. The Balaban J connectivity index is 0.000000220. The average Bonchev–Trinajstić information content (AvgIpc) is 3.04. The maximum Gasteiger partial charge on any atom is 0.174 e. The van der Waals surface area contributed by atoms with Gasteiger partial charge in [-0.3, -0.25) is 18.4 Å². The first-order valence-corrected chi connectivity index (χ1v) is 9.11. The zero-order valence-electron chi connectivity index (χ0n) is 17.5. The largest absolute Gasteiger partial charge is 0.397 e. The first kappa shape index (κ1) is 25.0. The van der Waals surface area contributed by atoms with Crippen molar-refractivity contribution in [2.75, 3.05) is 0 Å². The Morgan fingerprint density at radius 3 is 2.44 bits per heavy atom. The minimum atomic E-state index is -0.675. The van der Waals surface area contributed by atoms with Crippen LogP contribution in [0.3, 0.4) is 0 Å². The van der Waals surface area contributed by atoms with Crippen molar-refractivity contribution in [1.82, 2.24) is 29.7 Å². The van der Waals surface area contributed by atoms with Gasteiger partial charge in [-0.05, 0) is 37.6 Å². The van der Waals surface area contributed by atoms with Crippen LogP contribution in [0.2, 0.25) is 0 Å². The molecule has 8 nitrogen and oxygen atoms in total. The molecule has 4 rings (SSSR count). The molecule has 0 aliphatic rings. The molecule has 32 heavy (non-hydrogen) atoms. The molecule has 0 aliphatic carbocycles. The van der Waals surface area contributed by atoms with E-state index in [4.69, 9.17) is 0 Å². The summed E-state index contributed by atoms with van der Waals surface area (Å²) in [5.74, 6) is -0.306. The molecule has 169 valence electrons. The summed E-state index contributed by atoms with van der Waals surface area (Å²) >= 11 is 0. The van der Waals surface area contributed by atoms with Gasteiger partial charge in [-0.1, -0.05) is 23.8 Å². The Hall–Kier alpha value is -3.30. The Kier molecular flexibility index (Phi) is 8.07. The molecular weight excluding hydrogens is 598 g/mol. The number of aromatic nitrogens is 6. The van der Waals surface area contributed by atoms with Gasteiger partial charge in [0.2, 0.25) is 0 Å². The quantitative estimate of drug-likeness (QED) is 0.347. The molecule has 0 amide bonds. The van der Waals surface area contributed by atoms with Crippen LogP contribution in [0.25, 0.3) is 22.8 Å². The van der Waals surface area contributed by atoms with Gasteiger partial charge in [0.15, 0.2) is 17.1 Å². The maximum atomic E-state index is 13.3. The molecule has 0 spiro atoms. The minimum absolute atomic E-state index is 0. The first-order chi connectivity index (χ1) is 14.7. The summed E-state index contributed by atoms with van der Waals surface area (Å²) in [5, 5.41) is 4.04. The van der Waals surface area contributed by atoms with Crippen molar-refractivity contribution in [3.63, 3.8) is 0 Å². The number of rotatable bonds is 2. The maximum absolute atomic E-state index is 13.3. The van der Waals surface area contributed by atoms with Crippen molar-refractivity contribution >= 4 is 0 Å². The smallest absolute Gasteiger partial charge is 0.174 e. The van der Waals surface area contributed by atoms with E-state index < -0.39 is 22.9 Å². The number of halogens is 2. The molecule has 1 radical (unpaired) electrons. The van der Waals surface area contributed by atoms with Gasteiger partial charge in [0.25, 0.3) is 0 Å². The summed E-state index contributed by atoms with van der Waals surface area (Å²) in [4.78, 5) is 36.5. The Morgan fingerprint density at radius 1 is 1.16 bits per heavy atom. The topological polar surface area (TPSA) is 108 Å². The van der Waals surface area contributed by atoms with Crippen molar-refractivity contribution in [2.45, 2.75) is 20.8 Å². The summed E-state index contributed by atoms with van der Waals surface area (Å²) in [6.07, 6.45) is 1.63. The summed E-state index contributed by atoms with van der Waals surface area (Å²) in [6.45, 7) is 5.20. The van der Waals surface area contributed by atoms with Gasteiger partial charge in [-0.25, -0.2) is 9.67 Å². The summed E-state index contributed by atoms with van der Waals surface area (Å²) < 4.78 is 27.5. The van der Waals surface area contributed by atoms with E-state index in [9.17, 15) is 18.4 Å². The second kappa shape index (κ2) is 10.3. The summed E-state index contributed by atoms with van der Waals surface area (Å²) in [7, 11) is 1.68. The molecule has 0 bridgehead atoms. The van der Waals surface area contributed by atoms with Gasteiger partial charge in [-0.2, -0.15) is 5.10 Å². The van der Waals surface area contributed by atoms with Crippen LogP contribution in [0.5, 0.6) is 0 Å². The van der Waals surface area contributed by atoms with Crippen LogP contribution in [0.15, 0.2) is 40.1 Å². The molecule has 0 unspecified atom stereocenters. The number of hydrogen-bond donors (Lipinski definition) is 1. The molecule has 3 aromatic heterocycles. The van der Waals surface area contributed by atoms with E-state index in [2.05, 4.69) is 31.1 Å². The Morgan fingerprint density at radius 2 is 1.88 bits per heavy atom. The Bertz CT molecular complexity index is 1350. The number of nitrogens with zero attached hydrogens (tertiary/aromatic N) is 5. The van der Waals surface area contributed by atoms with Crippen molar-refractivity contribution in [1.29, 1.82) is 0 Å². The van der Waals surface area contributed by atoms with Crippen LogP contribution >= 0.6 is 0 Å². The third-order valence-electron chi connectivity index (χ3n) is 4.24. The number of aryl methyl sites for hydroxylation is 3. The zero-order chi connectivity index (χ0) is 22.7. The number of H-pyrrole nitrogens is 1. The van der Waals surface area contributed by atoms with Gasteiger partial charge in [-0.15, -0.1) is 12.1 Å². The van der Waals surface area contributed by atoms with Gasteiger partial charge >= 0.3 is 0 Å². The van der Waals surface area contributed by atoms with E-state index in [0.717, 1.165) is 17.7 Å². The Labute approximate surface area is 195 Å². The SMILES string of the molecule is Cc1ccc(-c2[c-]cc(F)cc2F)nc1.Cc1nc(-c2[n-]c(=O)[nH]c(=O)c2C)n(C)n1.[Ir]. The molecule has 3 heterocycles. The molecule has 1 N–H and O–H groups in total. The van der Waals surface area contributed by atoms with Gasteiger partial charge in [0.05, 0.1) is 0 Å². The molecule has 0 aliphatic heterocycles. The van der Waals surface area contributed by atoms with Gasteiger partial charge in [0.1, 0.15) is 5.82 Å². The van der Waals surface area contributed by atoms with E-state index in [1.807, 2.05) is 13.0 Å². The van der Waals surface area contributed by atoms with Crippen molar-refractivity contribution in [2.24, 2.45) is 7.05 Å². The predicted molar refractivity (Wildman–Crippen MR) is 109 cm³/mol. The summed E-state index contributed by atoms with van der Waals surface area (Å²) in [5.41, 5.74) is 1.14. The van der Waals surface area contributed by atoms with Crippen LogP contribution in [0, 0.1) is 38.5 Å². The number of benzene rings is 1. The zero-order valence-corrected chi connectivity index (χ0v) is 19.9. The van der Waals surface area contributed by atoms with Crippen molar-refractivity contribution in [3.8, 4) is 22.8 Å². The molecule has 0 atom stereocenters. The van der Waals surface area contributed by atoms with E-state index >= 15 is 0 Å². The molecular formula is C21H18F2IrN6O2-2. The fourth-order valence-corrected chi connectivity index (χ4v) is 2.71. The normalized spacial score (nSPS) is 10.2. The number of nitrogens with one attached hydrogen (secondary N) is 1. The van der Waals surface area contributed by atoms with E-state index in [0.29, 0.717) is 22.9 Å². The molecule has 0 fully saturated rings. The predicted octanol–water partition coefficient (Wildman–Crippen LogP) is 2.24. The molecule has 4 aromatic rings. The third kappa shape index (κ3) is 5.68. The fourth-order valence-electron chi connectivity index (χ4n) is 2.71. The third-order valence-corrected chi connectivity index (χ3v) is 4.24. The first-order valence-electron chi connectivity index (χ1n) is 9.11. The number of aromatic amines is 1. The second-order valence-electron chi connectivity index (χ2n) is 6.71. The van der Waals surface area contributed by atoms with Crippen LogP contribution in [-0.4, -0.2) is 24.7 Å². The van der Waals surface area contributed by atoms with Crippen LogP contribution in [0.4, 0.5) is 8.78 Å². The number of hydrogen-bond acceptors (Lipinski definition) is 5. The molecule has 0 saturated carbocycles. The standard InChI is InChI=1S/C12H8F2N.C9H11N5O2.Ir/c1-8-2-5-12(15-7-8)10-4-3-9(13)6-11(10)14;1-4-6(11-9(16)12-8(4)15)7-10-5(2)13-14(7)3;/h2-3,5-7H,1H3;1-3H3,(H2,11,12,15,16);/q-1;;/p-1. The number of pyridine rings is 1. The fraction of sp³-hybridized carbons (Fsp3) is 0.190. The van der Waals surface area contributed by atoms with Crippen LogP contribution < -0.4 is 16.2 Å². The molecule has 1 aromatic carbocycles. The van der Waals surface area contributed by atoms with Crippen LogP contribution in [-0.2, 0) is 27.2 Å². The van der Waals surface area contributed by atoms with Crippen molar-refractivity contribution < 1.29 is 28.9 Å². The van der Waals surface area contributed by atoms with E-state index in [-0.39, 0.29) is 31.4 Å². The monoisotopic (exact) mass is 617 g/mol. The van der Waals surface area contributed by atoms with Gasteiger partial charge < -0.3 is 15.0 Å². The van der Waals surface area contributed by atoms with Crippen molar-refractivity contribution in [3.05, 3.63) is 86.0 Å². The molecule has 11 heteroatoms. The second-order valence-corrected chi connectivity index (χ2v) is 6.71. The van der Waals surface area contributed by atoms with E-state index in [1.165, 1.54) is 4.68 Å². The van der Waals surface area contributed by atoms with Crippen LogP contribution in [0.1, 0.15) is 17.0 Å². The average molecular weight is 617 g/mol. The van der Waals surface area contributed by atoms with Gasteiger partial charge in [0, 0.05) is 50.7 Å². The van der Waals surface area contributed by atoms with E-state index in [1.54, 1.807) is 33.2 Å². The minimum Gasteiger partial charge on any atom is -0.397 e. The summed E-state index contributed by atoms with van der Waals surface area (Å²) in [6, 6.07) is 7.95.